The van der Waals surface area contributed by atoms with E-state index in [1.807, 2.05) is 23.5 Å². The number of thiophene rings is 1. The third kappa shape index (κ3) is 11.2. The highest BCUT2D eigenvalue weighted by Crippen LogP contribution is 2.51. The maximum atomic E-state index is 5.46. The van der Waals surface area contributed by atoms with Crippen LogP contribution in [0.3, 0.4) is 0 Å². The van der Waals surface area contributed by atoms with Crippen molar-refractivity contribution in [1.82, 2.24) is 33.6 Å². The van der Waals surface area contributed by atoms with Gasteiger partial charge < -0.3 is 4.57 Å². The number of hydrogen-bond donors (Lipinski definition) is 0. The summed E-state index contributed by atoms with van der Waals surface area (Å²) in [5.74, 6) is 1.33. The third-order valence-corrected chi connectivity index (χ3v) is 25.4. The summed E-state index contributed by atoms with van der Waals surface area (Å²) in [6, 6.07) is 142. The summed E-state index contributed by atoms with van der Waals surface area (Å²) in [5.41, 5.74) is 30.9. The van der Waals surface area contributed by atoms with Crippen molar-refractivity contribution < 1.29 is 0 Å². The summed E-state index contributed by atoms with van der Waals surface area (Å²) in [4.78, 5) is 21.2. The minimum atomic E-state index is -0.113. The lowest BCUT2D eigenvalue weighted by Crippen LogP contribution is -2.15. The summed E-state index contributed by atoms with van der Waals surface area (Å²) >= 11 is 1.86. The first-order chi connectivity index (χ1) is 57.7. The summed E-state index contributed by atoms with van der Waals surface area (Å²) in [6.07, 6.45) is 0. The Morgan fingerprint density at radius 1 is 0.214 bits per heavy atom. The molecule has 7 nitrogen and oxygen atoms in total. The first-order valence-electron chi connectivity index (χ1n) is 40.0. The van der Waals surface area contributed by atoms with Crippen molar-refractivity contribution in [2.75, 3.05) is 0 Å². The fraction of sp³-hybridized carbons (Fsp3) is 0.0275. The van der Waals surface area contributed by atoms with Crippen molar-refractivity contribution >= 4 is 119 Å². The molecular formula is C109H71N7S. The molecule has 0 amide bonds. The zero-order valence-electron chi connectivity index (χ0n) is 64.1. The zero-order valence-corrected chi connectivity index (χ0v) is 64.9. The molecule has 548 valence electrons. The Morgan fingerprint density at radius 3 is 1.09 bits per heavy atom. The lowest BCUT2D eigenvalue weighted by atomic mass is 9.82. The van der Waals surface area contributed by atoms with Crippen molar-refractivity contribution in [3.8, 4) is 107 Å². The van der Waals surface area contributed by atoms with Crippen LogP contribution in [0.25, 0.3) is 214 Å². The van der Waals surface area contributed by atoms with Crippen LogP contribution in [0.5, 0.6) is 0 Å². The van der Waals surface area contributed by atoms with Gasteiger partial charge in [0, 0.05) is 85.5 Å². The van der Waals surface area contributed by atoms with E-state index in [0.29, 0.717) is 11.9 Å². The quantitative estimate of drug-likeness (QED) is 0.137. The van der Waals surface area contributed by atoms with Gasteiger partial charge in [0.25, 0.3) is 0 Å². The first-order valence-corrected chi connectivity index (χ1v) is 40.8. The maximum Gasteiger partial charge on any atom is 0.235 e. The number of para-hydroxylation sites is 6. The van der Waals surface area contributed by atoms with Gasteiger partial charge in [-0.2, -0.15) is 0 Å². The van der Waals surface area contributed by atoms with Gasteiger partial charge in [0.15, 0.2) is 0 Å². The van der Waals surface area contributed by atoms with E-state index in [0.717, 1.165) is 66.4 Å². The molecular weight excluding hydrogens is 1440 g/mol. The van der Waals surface area contributed by atoms with Crippen LogP contribution in [0.15, 0.2) is 394 Å². The van der Waals surface area contributed by atoms with Crippen molar-refractivity contribution in [3.63, 3.8) is 0 Å². The lowest BCUT2D eigenvalue weighted by Gasteiger charge is -2.22. The van der Waals surface area contributed by atoms with Gasteiger partial charge in [0.2, 0.25) is 11.9 Å². The monoisotopic (exact) mass is 1510 g/mol. The molecule has 17 aromatic carbocycles. The number of fused-ring (bicyclic) bond motifs is 17. The fourth-order valence-corrected chi connectivity index (χ4v) is 19.5. The largest absolute Gasteiger partial charge is 0.309 e. The van der Waals surface area contributed by atoms with E-state index in [1.165, 1.54) is 147 Å². The SMILES string of the molecule is CC1(C)c2ccccc2-c2ccc(-c3nc(-n4c5ccccc5c5cc(-c6ccc(-c7ccc8c(c7)c7ccccc7n8-c7ccccc7)cc6)ccc54)nc4ccccc34)cc21.c1ccc(-c2ccc(-c3nc(-n4c5ccccc5c5cc(-c6ccc(-c7ccc8sc9ccccc9c8c7)cc6)ccc54)nc4ccccc34)cc2)cc1. The van der Waals surface area contributed by atoms with Crippen LogP contribution < -0.4 is 0 Å². The molecule has 0 radical (unpaired) electrons. The molecule has 0 unspecified atom stereocenters. The smallest absolute Gasteiger partial charge is 0.235 e. The molecule has 117 heavy (non-hydrogen) atoms. The summed E-state index contributed by atoms with van der Waals surface area (Å²) in [7, 11) is 0. The molecule has 0 fully saturated rings. The van der Waals surface area contributed by atoms with Crippen LogP contribution in [0, 0.1) is 0 Å². The highest BCUT2D eigenvalue weighted by molar-refractivity contribution is 7.25. The maximum absolute atomic E-state index is 5.46. The number of hydrogen-bond acceptors (Lipinski definition) is 5. The molecule has 0 saturated carbocycles. The Balaban J connectivity index is 0.000000139. The van der Waals surface area contributed by atoms with Gasteiger partial charge in [-0.05, 0) is 181 Å². The second kappa shape index (κ2) is 27.1. The Labute approximate surface area is 679 Å². The van der Waals surface area contributed by atoms with Crippen molar-refractivity contribution in [2.45, 2.75) is 19.3 Å². The summed E-state index contributed by atoms with van der Waals surface area (Å²) < 4.78 is 9.48. The van der Waals surface area contributed by atoms with Gasteiger partial charge >= 0.3 is 0 Å². The molecule has 1 aliphatic carbocycles. The van der Waals surface area contributed by atoms with E-state index in [2.05, 4.69) is 410 Å². The summed E-state index contributed by atoms with van der Waals surface area (Å²) in [5, 5.41) is 11.9. The summed E-state index contributed by atoms with van der Waals surface area (Å²) in [6.45, 7) is 4.66. The Bertz CT molecular complexity index is 7950. The Morgan fingerprint density at radius 2 is 0.556 bits per heavy atom. The Kier molecular flexibility index (Phi) is 15.7. The predicted molar refractivity (Wildman–Crippen MR) is 491 cm³/mol. The topological polar surface area (TPSA) is 66.3 Å². The minimum absolute atomic E-state index is 0.113. The normalized spacial score (nSPS) is 12.4. The molecule has 6 aromatic heterocycles. The van der Waals surface area contributed by atoms with Crippen molar-refractivity contribution in [3.05, 3.63) is 405 Å². The van der Waals surface area contributed by atoms with Crippen LogP contribution in [-0.2, 0) is 5.41 Å². The standard InChI is InChI=1S/C59H40N4.C50H31N3S/c1-59(2)50-20-10-6-16-43(50)44-31-28-41(36-51(44)59)57-47-19-7-11-21-52(47)60-58(61-57)63-54-23-13-9-18-46(54)49-35-40(30-33-56(49)63)38-26-24-37(25-27-38)39-29-32-55-48(34-39)45-17-8-12-22-53(45)62(55)42-14-4-3-5-15-42;1-2-10-32(11-3-1)33-22-24-36(25-23-33)49-41-14-4-7-15-44(41)51-50(52-49)53-45-16-8-5-12-39(45)42-30-37(26-28-46(42)53)34-18-20-35(21-19-34)38-27-29-48-43(31-38)40-13-6-9-17-47(40)54-48/h3-36H,1-2H3;1-31H. The second-order valence-corrected chi connectivity index (χ2v) is 32.3. The minimum Gasteiger partial charge on any atom is -0.309 e. The van der Waals surface area contributed by atoms with E-state index in [1.54, 1.807) is 0 Å². The molecule has 1 aliphatic rings. The van der Waals surface area contributed by atoms with Crippen LogP contribution in [0.4, 0.5) is 0 Å². The van der Waals surface area contributed by atoms with Crippen molar-refractivity contribution in [2.24, 2.45) is 0 Å². The number of aromatic nitrogens is 7. The fourth-order valence-electron chi connectivity index (χ4n) is 18.4. The lowest BCUT2D eigenvalue weighted by molar-refractivity contribution is 0.660. The average Bonchev–Trinajstić information content (AvgIpc) is 1.63. The molecule has 23 aromatic rings. The highest BCUT2D eigenvalue weighted by Gasteiger charge is 2.36. The van der Waals surface area contributed by atoms with Gasteiger partial charge in [-0.25, -0.2) is 19.9 Å². The van der Waals surface area contributed by atoms with Gasteiger partial charge in [-0.15, -0.1) is 11.3 Å². The number of benzene rings is 17. The molecule has 0 bridgehead atoms. The highest BCUT2D eigenvalue weighted by atomic mass is 32.1. The second-order valence-electron chi connectivity index (χ2n) is 31.2. The number of nitrogens with zero attached hydrogens (tertiary/aromatic N) is 7. The molecule has 0 atom stereocenters. The van der Waals surface area contributed by atoms with Gasteiger partial charge in [-0.1, -0.05) is 305 Å². The van der Waals surface area contributed by atoms with Crippen LogP contribution in [0.1, 0.15) is 25.0 Å². The molecule has 0 spiro atoms. The molecule has 6 heterocycles. The van der Waals surface area contributed by atoms with Crippen molar-refractivity contribution in [1.29, 1.82) is 0 Å². The third-order valence-electron chi connectivity index (χ3n) is 24.2. The van der Waals surface area contributed by atoms with E-state index in [9.17, 15) is 0 Å². The molecule has 8 heteroatoms. The molecule has 24 rings (SSSR count). The van der Waals surface area contributed by atoms with Crippen LogP contribution >= 0.6 is 11.3 Å². The molecule has 0 aliphatic heterocycles. The zero-order chi connectivity index (χ0) is 77.4. The molecule has 0 saturated heterocycles. The van der Waals surface area contributed by atoms with Gasteiger partial charge in [-0.3, -0.25) is 9.13 Å². The van der Waals surface area contributed by atoms with Crippen LogP contribution in [0.2, 0.25) is 0 Å². The molecule has 0 N–H and O–H groups in total. The van der Waals surface area contributed by atoms with E-state index < -0.39 is 0 Å². The number of rotatable bonds is 10. The van der Waals surface area contributed by atoms with Gasteiger partial charge in [0.05, 0.1) is 55.5 Å². The average molecular weight is 1510 g/mol. The Hall–Kier alpha value is -15.0. The van der Waals surface area contributed by atoms with Gasteiger partial charge in [0.1, 0.15) is 0 Å². The van der Waals surface area contributed by atoms with E-state index in [4.69, 9.17) is 19.9 Å². The van der Waals surface area contributed by atoms with E-state index >= 15 is 0 Å². The predicted octanol–water partition coefficient (Wildman–Crippen LogP) is 28.9. The first kappa shape index (κ1) is 67.7. The van der Waals surface area contributed by atoms with E-state index in [-0.39, 0.29) is 5.41 Å². The van der Waals surface area contributed by atoms with Crippen LogP contribution in [-0.4, -0.2) is 33.6 Å².